The Kier molecular flexibility index (Phi) is 6.68. The number of ketones is 1. The fourth-order valence-corrected chi connectivity index (χ4v) is 6.21. The summed E-state index contributed by atoms with van der Waals surface area (Å²) in [4.78, 5) is 72.9. The van der Waals surface area contributed by atoms with E-state index in [2.05, 4.69) is 20.6 Å². The summed E-state index contributed by atoms with van der Waals surface area (Å²) in [5.74, 6) is -1.70. The molecule has 210 valence electrons. The lowest BCUT2D eigenvalue weighted by atomic mass is 9.93. The standard InChI is InChI=1S/C28H32N6O6/c1-40-22-7-3-6-19-18(22)12-20(31-19)27(38)34-13-15-4-2-5-17(15)23(34)25(36)32-21(14-33-11-10-29-28(33)39)24(35)26(37)30-16-8-9-16/h3,6-7,10-12,15-17,21,23,31H,2,4-5,8-9,13-14H2,1H3,(H,29,39)(H,30,37)(H,32,36)/t15-,17-,21?,23-/m0/s1. The lowest BCUT2D eigenvalue weighted by Crippen LogP contribution is -2.56. The lowest BCUT2D eigenvalue weighted by Gasteiger charge is -2.28. The molecule has 2 aliphatic carbocycles. The van der Waals surface area contributed by atoms with Gasteiger partial charge in [0, 0.05) is 35.9 Å². The highest BCUT2D eigenvalue weighted by Crippen LogP contribution is 2.43. The minimum absolute atomic E-state index is 0.0418. The summed E-state index contributed by atoms with van der Waals surface area (Å²) in [5.41, 5.74) is 0.623. The highest BCUT2D eigenvalue weighted by molar-refractivity contribution is 6.38. The van der Waals surface area contributed by atoms with Crippen LogP contribution in [0, 0.1) is 11.8 Å². The molecule has 0 radical (unpaired) electrons. The van der Waals surface area contributed by atoms with E-state index < -0.39 is 35.4 Å². The average Bonchev–Trinajstić information content (AvgIpc) is 3.30. The van der Waals surface area contributed by atoms with E-state index in [4.69, 9.17) is 4.74 Å². The van der Waals surface area contributed by atoms with Gasteiger partial charge in [-0.25, -0.2) is 4.79 Å². The van der Waals surface area contributed by atoms with E-state index in [-0.39, 0.29) is 30.3 Å². The third-order valence-electron chi connectivity index (χ3n) is 8.37. The van der Waals surface area contributed by atoms with Crippen molar-refractivity contribution in [3.63, 3.8) is 0 Å². The van der Waals surface area contributed by atoms with E-state index in [1.54, 1.807) is 18.1 Å². The molecule has 40 heavy (non-hydrogen) atoms. The number of rotatable bonds is 9. The number of methoxy groups -OCH3 is 1. The Morgan fingerprint density at radius 2 is 1.98 bits per heavy atom. The van der Waals surface area contributed by atoms with Gasteiger partial charge < -0.3 is 30.2 Å². The zero-order valence-corrected chi connectivity index (χ0v) is 22.1. The van der Waals surface area contributed by atoms with Crippen LogP contribution in [-0.4, -0.2) is 74.7 Å². The van der Waals surface area contributed by atoms with Crippen molar-refractivity contribution < 1.29 is 23.9 Å². The second kappa shape index (κ2) is 10.3. The van der Waals surface area contributed by atoms with Crippen LogP contribution in [0.25, 0.3) is 10.9 Å². The van der Waals surface area contributed by atoms with E-state index in [0.717, 1.165) is 43.0 Å². The van der Waals surface area contributed by atoms with Crippen LogP contribution in [0.5, 0.6) is 5.75 Å². The molecule has 4 atom stereocenters. The molecule has 1 unspecified atom stereocenters. The molecule has 1 saturated heterocycles. The zero-order valence-electron chi connectivity index (χ0n) is 22.1. The number of hydrogen-bond donors (Lipinski definition) is 4. The molecule has 3 fully saturated rings. The number of aromatic nitrogens is 3. The topological polar surface area (TPSA) is 158 Å². The first-order chi connectivity index (χ1) is 19.3. The Labute approximate surface area is 229 Å². The molecule has 0 spiro atoms. The van der Waals surface area contributed by atoms with Crippen molar-refractivity contribution in [3.05, 3.63) is 52.8 Å². The molecule has 12 heteroatoms. The zero-order chi connectivity index (χ0) is 28.0. The van der Waals surface area contributed by atoms with Crippen LogP contribution in [0.15, 0.2) is 41.5 Å². The fourth-order valence-electron chi connectivity index (χ4n) is 6.21. The van der Waals surface area contributed by atoms with Crippen molar-refractivity contribution in [2.45, 2.75) is 56.8 Å². The number of H-pyrrole nitrogens is 2. The molecular weight excluding hydrogens is 516 g/mol. The summed E-state index contributed by atoms with van der Waals surface area (Å²) in [6.45, 7) is 0.216. The molecule has 1 aliphatic heterocycles. The van der Waals surface area contributed by atoms with Crippen LogP contribution in [0.4, 0.5) is 0 Å². The number of hydrogen-bond acceptors (Lipinski definition) is 6. The first-order valence-electron chi connectivity index (χ1n) is 13.7. The number of benzene rings is 1. The second-order valence-electron chi connectivity index (χ2n) is 11.0. The molecule has 3 aliphatic rings. The van der Waals surface area contributed by atoms with E-state index in [9.17, 15) is 24.0 Å². The van der Waals surface area contributed by atoms with Gasteiger partial charge in [0.25, 0.3) is 11.8 Å². The van der Waals surface area contributed by atoms with Crippen LogP contribution in [-0.2, 0) is 20.9 Å². The number of ether oxygens (including phenoxy) is 1. The Bertz CT molecular complexity index is 1530. The molecular formula is C28H32N6O6. The molecule has 1 aromatic carbocycles. The number of aromatic amines is 2. The molecule has 3 heterocycles. The van der Waals surface area contributed by atoms with Gasteiger partial charge in [-0.2, -0.15) is 0 Å². The van der Waals surface area contributed by atoms with E-state index in [1.807, 2.05) is 18.2 Å². The number of fused-ring (bicyclic) bond motifs is 2. The van der Waals surface area contributed by atoms with Crippen molar-refractivity contribution in [2.75, 3.05) is 13.7 Å². The Hall–Kier alpha value is -4.35. The molecule has 12 nitrogen and oxygen atoms in total. The van der Waals surface area contributed by atoms with Crippen LogP contribution in [0.1, 0.15) is 42.6 Å². The largest absolute Gasteiger partial charge is 0.496 e. The van der Waals surface area contributed by atoms with Crippen molar-refractivity contribution in [2.24, 2.45) is 11.8 Å². The minimum atomic E-state index is -1.27. The van der Waals surface area contributed by atoms with Crippen molar-refractivity contribution in [3.8, 4) is 5.75 Å². The summed E-state index contributed by atoms with van der Waals surface area (Å²) in [7, 11) is 1.56. The van der Waals surface area contributed by atoms with Gasteiger partial charge in [-0.15, -0.1) is 0 Å². The number of nitrogens with zero attached hydrogens (tertiary/aromatic N) is 2. The molecule has 0 bridgehead atoms. The van der Waals surface area contributed by atoms with Crippen molar-refractivity contribution in [1.82, 2.24) is 30.1 Å². The van der Waals surface area contributed by atoms with Gasteiger partial charge in [0.05, 0.1) is 13.7 Å². The summed E-state index contributed by atoms with van der Waals surface area (Å²) >= 11 is 0. The van der Waals surface area contributed by atoms with E-state index >= 15 is 0 Å². The van der Waals surface area contributed by atoms with Gasteiger partial charge >= 0.3 is 5.69 Å². The highest BCUT2D eigenvalue weighted by atomic mass is 16.5. The average molecular weight is 549 g/mol. The molecule has 3 aromatic rings. The fraction of sp³-hybridized carbons (Fsp3) is 0.464. The normalized spacial score (nSPS) is 22.6. The Morgan fingerprint density at radius 3 is 2.70 bits per heavy atom. The third kappa shape index (κ3) is 4.78. The quantitative estimate of drug-likeness (QED) is 0.291. The number of imidazole rings is 1. The van der Waals surface area contributed by atoms with E-state index in [0.29, 0.717) is 18.0 Å². The van der Waals surface area contributed by atoms with Crippen molar-refractivity contribution >= 4 is 34.4 Å². The summed E-state index contributed by atoms with van der Waals surface area (Å²) in [6.07, 6.45) is 7.12. The summed E-state index contributed by atoms with van der Waals surface area (Å²) in [5, 5.41) is 6.17. The van der Waals surface area contributed by atoms with E-state index in [1.165, 1.54) is 17.0 Å². The maximum absolute atomic E-state index is 13.9. The maximum atomic E-state index is 13.9. The van der Waals surface area contributed by atoms with Crippen LogP contribution >= 0.6 is 0 Å². The SMILES string of the molecule is COc1cccc2[nH]c(C(=O)N3C[C@@H]4CCC[C@@H]4[C@H]3C(=O)NC(Cn3cc[nH]c3=O)C(=O)C(=O)NC3CC3)cc12. The minimum Gasteiger partial charge on any atom is -0.496 e. The summed E-state index contributed by atoms with van der Waals surface area (Å²) in [6, 6.07) is 5.10. The molecule has 2 saturated carbocycles. The first-order valence-corrected chi connectivity index (χ1v) is 13.7. The van der Waals surface area contributed by atoms with Gasteiger partial charge in [-0.1, -0.05) is 12.5 Å². The second-order valence-corrected chi connectivity index (χ2v) is 11.0. The lowest BCUT2D eigenvalue weighted by molar-refractivity contribution is -0.140. The monoisotopic (exact) mass is 548 g/mol. The summed E-state index contributed by atoms with van der Waals surface area (Å²) < 4.78 is 6.67. The van der Waals surface area contributed by atoms with Gasteiger partial charge in [-0.3, -0.25) is 23.7 Å². The number of likely N-dealkylation sites (tertiary alicyclic amines) is 1. The van der Waals surface area contributed by atoms with Crippen LogP contribution in [0.3, 0.4) is 0 Å². The van der Waals surface area contributed by atoms with Crippen LogP contribution < -0.4 is 21.1 Å². The predicted octanol–water partition coefficient (Wildman–Crippen LogP) is 0.940. The molecule has 3 amide bonds. The van der Waals surface area contributed by atoms with Gasteiger partial charge in [0.2, 0.25) is 11.7 Å². The number of nitrogens with one attached hydrogen (secondary N) is 4. The number of Topliss-reactive ketones (excluding diaryl/α,β-unsaturated/α-hetero) is 1. The molecule has 4 N–H and O–H groups in total. The van der Waals surface area contributed by atoms with Gasteiger partial charge in [-0.05, 0) is 55.7 Å². The molecule has 6 rings (SSSR count). The van der Waals surface area contributed by atoms with Crippen LogP contribution in [0.2, 0.25) is 0 Å². The number of amides is 3. The Morgan fingerprint density at radius 1 is 1.15 bits per heavy atom. The smallest absolute Gasteiger partial charge is 0.325 e. The predicted molar refractivity (Wildman–Crippen MR) is 144 cm³/mol. The van der Waals surface area contributed by atoms with Gasteiger partial charge in [0.1, 0.15) is 23.5 Å². The number of carbonyl (C=O) groups is 4. The number of carbonyl (C=O) groups excluding carboxylic acids is 4. The third-order valence-corrected chi connectivity index (χ3v) is 8.37. The first kappa shape index (κ1) is 25.9. The van der Waals surface area contributed by atoms with Crippen molar-refractivity contribution in [1.29, 1.82) is 0 Å². The molecule has 2 aromatic heterocycles. The Balaban J connectivity index is 1.27. The van der Waals surface area contributed by atoms with Gasteiger partial charge in [0.15, 0.2) is 0 Å². The maximum Gasteiger partial charge on any atom is 0.325 e. The highest BCUT2D eigenvalue weighted by Gasteiger charge is 2.50.